The smallest absolute Gasteiger partial charge is 0.103 e. The maximum atomic E-state index is 12.8. The molecule has 1 fully saturated rings. The number of rotatable bonds is 0. The van der Waals surface area contributed by atoms with Crippen molar-refractivity contribution in [2.24, 2.45) is 5.92 Å². The molecule has 0 aromatic carbocycles. The molecule has 2 unspecified atom stereocenters. The summed E-state index contributed by atoms with van der Waals surface area (Å²) in [6, 6.07) is 0. The topological polar surface area (TPSA) is 0 Å². The summed E-state index contributed by atoms with van der Waals surface area (Å²) in [5.41, 5.74) is 0. The van der Waals surface area contributed by atoms with Crippen LogP contribution in [0.15, 0.2) is 0 Å². The Morgan fingerprint density at radius 1 is 1.11 bits per heavy atom. The summed E-state index contributed by atoms with van der Waals surface area (Å²) < 4.78 is 12.8. The van der Waals surface area contributed by atoms with E-state index in [0.29, 0.717) is 0 Å². The maximum absolute atomic E-state index is 12.8. The van der Waals surface area contributed by atoms with Crippen molar-refractivity contribution >= 4 is 0 Å². The first-order valence-electron chi connectivity index (χ1n) is 3.78. The van der Waals surface area contributed by atoms with Crippen molar-refractivity contribution in [1.82, 2.24) is 0 Å². The predicted molar refractivity (Wildman–Crippen MR) is 36.8 cm³/mol. The van der Waals surface area contributed by atoms with Crippen LogP contribution in [0.1, 0.15) is 32.1 Å². The van der Waals surface area contributed by atoms with Gasteiger partial charge in [0.2, 0.25) is 0 Å². The van der Waals surface area contributed by atoms with Crippen LogP contribution in [0.4, 0.5) is 4.39 Å². The van der Waals surface area contributed by atoms with E-state index in [9.17, 15) is 4.39 Å². The second-order valence-electron chi connectivity index (χ2n) is 2.91. The molecule has 9 heavy (non-hydrogen) atoms. The van der Waals surface area contributed by atoms with Gasteiger partial charge in [0.25, 0.3) is 0 Å². The lowest BCUT2D eigenvalue weighted by molar-refractivity contribution is 0.248. The van der Waals surface area contributed by atoms with Crippen molar-refractivity contribution in [1.29, 1.82) is 0 Å². The molecule has 0 nitrogen and oxygen atoms in total. The van der Waals surface area contributed by atoms with Crippen LogP contribution < -0.4 is 0 Å². The van der Waals surface area contributed by atoms with E-state index in [1.54, 1.807) is 0 Å². The summed E-state index contributed by atoms with van der Waals surface area (Å²) >= 11 is 0. The van der Waals surface area contributed by atoms with Gasteiger partial charge in [-0.2, -0.15) is 0 Å². The Kier molecular flexibility index (Phi) is 2.49. The van der Waals surface area contributed by atoms with Crippen molar-refractivity contribution in [3.63, 3.8) is 0 Å². The lowest BCUT2D eigenvalue weighted by atomic mass is 10.0. The molecule has 0 amide bonds. The molecule has 1 aliphatic rings. The number of hydrogen-bond acceptors (Lipinski definition) is 0. The molecule has 53 valence electrons. The summed E-state index contributed by atoms with van der Waals surface area (Å²) in [6.07, 6.45) is 4.55. The Morgan fingerprint density at radius 2 is 1.78 bits per heavy atom. The first kappa shape index (κ1) is 7.04. The third kappa shape index (κ3) is 1.96. The lowest BCUT2D eigenvalue weighted by Crippen LogP contribution is -2.09. The molecule has 1 rings (SSSR count). The zero-order valence-corrected chi connectivity index (χ0v) is 5.78. The molecule has 0 spiro atoms. The van der Waals surface area contributed by atoms with Crippen LogP contribution in [0.25, 0.3) is 0 Å². The fraction of sp³-hybridized carbons (Fsp3) is 0.875. The average molecular weight is 129 g/mol. The van der Waals surface area contributed by atoms with Crippen molar-refractivity contribution in [2.75, 3.05) is 0 Å². The second-order valence-corrected chi connectivity index (χ2v) is 2.91. The van der Waals surface area contributed by atoms with Gasteiger partial charge in [-0.15, -0.1) is 0 Å². The van der Waals surface area contributed by atoms with Crippen molar-refractivity contribution in [2.45, 2.75) is 38.3 Å². The molecule has 2 atom stereocenters. The van der Waals surface area contributed by atoms with Crippen LogP contribution in [0.5, 0.6) is 0 Å². The highest BCUT2D eigenvalue weighted by molar-refractivity contribution is 4.74. The van der Waals surface area contributed by atoms with E-state index in [2.05, 4.69) is 6.92 Å². The van der Waals surface area contributed by atoms with Crippen LogP contribution in [0.2, 0.25) is 0 Å². The Morgan fingerprint density at radius 3 is 2.56 bits per heavy atom. The highest BCUT2D eigenvalue weighted by Gasteiger charge is 2.18. The minimum absolute atomic E-state index is 0.0764. The molecule has 0 aliphatic heterocycles. The number of halogens is 1. The fourth-order valence-electron chi connectivity index (χ4n) is 1.34. The van der Waals surface area contributed by atoms with E-state index in [0.717, 1.165) is 19.3 Å². The Balaban J connectivity index is 2.32. The summed E-state index contributed by atoms with van der Waals surface area (Å²) in [6.45, 7) is 3.76. The van der Waals surface area contributed by atoms with Crippen molar-refractivity contribution in [3.8, 4) is 0 Å². The zero-order chi connectivity index (χ0) is 6.69. The van der Waals surface area contributed by atoms with Crippen LogP contribution in [0.3, 0.4) is 0 Å². The average Bonchev–Trinajstić information content (AvgIpc) is 1.99. The molecule has 0 aromatic rings. The molecule has 0 heterocycles. The molecule has 1 saturated carbocycles. The van der Waals surface area contributed by atoms with E-state index >= 15 is 0 Å². The minimum atomic E-state index is -0.618. The van der Waals surface area contributed by atoms with Crippen LogP contribution in [0, 0.1) is 12.8 Å². The number of alkyl halides is 1. The molecule has 0 saturated heterocycles. The summed E-state index contributed by atoms with van der Waals surface area (Å²) in [4.78, 5) is 0. The minimum Gasteiger partial charge on any atom is -0.247 e. The molecule has 0 aromatic heterocycles. The Hall–Kier alpha value is -0.0700. The molecule has 1 radical (unpaired) electrons. The zero-order valence-electron chi connectivity index (χ0n) is 5.78. The van der Waals surface area contributed by atoms with Crippen LogP contribution >= 0.6 is 0 Å². The summed E-state index contributed by atoms with van der Waals surface area (Å²) in [5, 5.41) is 0. The standard InChI is InChI=1S/C8H14F/c1-7-5-3-2-4-6-8(7)9/h7-8H,1-6H2. The van der Waals surface area contributed by atoms with Crippen LogP contribution in [-0.2, 0) is 0 Å². The van der Waals surface area contributed by atoms with Gasteiger partial charge in [0.05, 0.1) is 0 Å². The van der Waals surface area contributed by atoms with Crippen molar-refractivity contribution < 1.29 is 4.39 Å². The SMILES string of the molecule is [CH2]C1CCCCCC1F. The Bertz CT molecular complexity index is 70.6. The third-order valence-electron chi connectivity index (χ3n) is 2.07. The van der Waals surface area contributed by atoms with E-state index in [1.807, 2.05) is 0 Å². The van der Waals surface area contributed by atoms with Gasteiger partial charge in [0.1, 0.15) is 6.17 Å². The molecule has 0 bridgehead atoms. The highest BCUT2D eigenvalue weighted by Crippen LogP contribution is 2.24. The van der Waals surface area contributed by atoms with Gasteiger partial charge in [-0.3, -0.25) is 0 Å². The second kappa shape index (κ2) is 3.19. The molecular weight excluding hydrogens is 115 g/mol. The largest absolute Gasteiger partial charge is 0.247 e. The van der Waals surface area contributed by atoms with Gasteiger partial charge < -0.3 is 0 Å². The summed E-state index contributed by atoms with van der Waals surface area (Å²) in [5.74, 6) is 0.0764. The highest BCUT2D eigenvalue weighted by atomic mass is 19.1. The molecular formula is C8H14F. The molecule has 1 aliphatic carbocycles. The first-order chi connectivity index (χ1) is 4.30. The third-order valence-corrected chi connectivity index (χ3v) is 2.07. The van der Waals surface area contributed by atoms with Gasteiger partial charge >= 0.3 is 0 Å². The lowest BCUT2D eigenvalue weighted by Gasteiger charge is -2.10. The normalized spacial score (nSPS) is 38.0. The molecule has 1 heteroatoms. The van der Waals surface area contributed by atoms with Gasteiger partial charge in [-0.25, -0.2) is 4.39 Å². The van der Waals surface area contributed by atoms with E-state index in [1.165, 1.54) is 12.8 Å². The van der Waals surface area contributed by atoms with Gasteiger partial charge in [0.15, 0.2) is 0 Å². The maximum Gasteiger partial charge on any atom is 0.103 e. The fourth-order valence-corrected chi connectivity index (χ4v) is 1.34. The van der Waals surface area contributed by atoms with Gasteiger partial charge in [-0.05, 0) is 25.7 Å². The van der Waals surface area contributed by atoms with E-state index < -0.39 is 6.17 Å². The van der Waals surface area contributed by atoms with Crippen molar-refractivity contribution in [3.05, 3.63) is 6.92 Å². The predicted octanol–water partition coefficient (Wildman–Crippen LogP) is 2.74. The molecule has 0 N–H and O–H groups in total. The first-order valence-corrected chi connectivity index (χ1v) is 3.78. The monoisotopic (exact) mass is 129 g/mol. The van der Waals surface area contributed by atoms with Gasteiger partial charge in [0, 0.05) is 0 Å². The quantitative estimate of drug-likeness (QED) is 0.441. The van der Waals surface area contributed by atoms with Gasteiger partial charge in [-0.1, -0.05) is 19.3 Å². The van der Waals surface area contributed by atoms with E-state index in [4.69, 9.17) is 0 Å². The van der Waals surface area contributed by atoms with E-state index in [-0.39, 0.29) is 5.92 Å². The summed E-state index contributed by atoms with van der Waals surface area (Å²) in [7, 11) is 0. The van der Waals surface area contributed by atoms with Crippen LogP contribution in [-0.4, -0.2) is 6.17 Å². The number of hydrogen-bond donors (Lipinski definition) is 0. The Labute approximate surface area is 56.5 Å².